The lowest BCUT2D eigenvalue weighted by Crippen LogP contribution is -2.55. The maximum atomic E-state index is 12.3. The fourth-order valence-corrected chi connectivity index (χ4v) is 2.24. The van der Waals surface area contributed by atoms with Gasteiger partial charge in [0.25, 0.3) is 0 Å². The Kier molecular flexibility index (Phi) is 6.21. The summed E-state index contributed by atoms with van der Waals surface area (Å²) >= 11 is 0. The monoisotopic (exact) mass is 346 g/mol. The van der Waals surface area contributed by atoms with Crippen molar-refractivity contribution in [3.05, 3.63) is 54.1 Å². The summed E-state index contributed by atoms with van der Waals surface area (Å²) in [6.07, 6.45) is 0.176. The summed E-state index contributed by atoms with van der Waals surface area (Å²) in [6.45, 7) is 1.89. The number of phenolic OH excluding ortho intramolecular Hbond substituents is 2. The zero-order valence-corrected chi connectivity index (χ0v) is 13.9. The van der Waals surface area contributed by atoms with Gasteiger partial charge in [-0.2, -0.15) is 0 Å². The Labute approximate surface area is 146 Å². The van der Waals surface area contributed by atoms with Gasteiger partial charge in [-0.05, 0) is 36.8 Å². The Morgan fingerprint density at radius 2 is 1.84 bits per heavy atom. The van der Waals surface area contributed by atoms with Crippen LogP contribution in [0.2, 0.25) is 0 Å². The van der Waals surface area contributed by atoms with Crippen LogP contribution in [0, 0.1) is 0 Å². The van der Waals surface area contributed by atoms with E-state index in [2.05, 4.69) is 5.43 Å². The molecule has 2 aromatic carbocycles. The van der Waals surface area contributed by atoms with Crippen molar-refractivity contribution in [2.45, 2.75) is 18.9 Å². The Morgan fingerprint density at radius 1 is 1.12 bits per heavy atom. The van der Waals surface area contributed by atoms with Crippen molar-refractivity contribution >= 4 is 5.97 Å². The van der Waals surface area contributed by atoms with E-state index in [4.69, 9.17) is 15.3 Å². The van der Waals surface area contributed by atoms with Crippen LogP contribution in [0.3, 0.4) is 0 Å². The van der Waals surface area contributed by atoms with Crippen molar-refractivity contribution in [3.63, 3.8) is 0 Å². The van der Waals surface area contributed by atoms with Gasteiger partial charge in [0.1, 0.15) is 24.5 Å². The molecule has 7 nitrogen and oxygen atoms in total. The van der Waals surface area contributed by atoms with Gasteiger partial charge in [0.15, 0.2) is 11.5 Å². The molecule has 0 heterocycles. The van der Waals surface area contributed by atoms with E-state index in [0.717, 1.165) is 0 Å². The largest absolute Gasteiger partial charge is 0.504 e. The van der Waals surface area contributed by atoms with Crippen molar-refractivity contribution in [3.8, 4) is 17.2 Å². The maximum absolute atomic E-state index is 12.3. The number of ether oxygens (including phenoxy) is 2. The number of benzene rings is 2. The third-order valence-corrected chi connectivity index (χ3v) is 3.70. The molecule has 0 aromatic heterocycles. The topological polar surface area (TPSA) is 114 Å². The number of nitrogens with two attached hydrogens (primary N) is 1. The van der Waals surface area contributed by atoms with Gasteiger partial charge in [-0.25, -0.2) is 10.2 Å². The molecule has 0 fully saturated rings. The number of carbonyl (C=O) groups excluding carboxylic acids is 1. The minimum atomic E-state index is -1.18. The summed E-state index contributed by atoms with van der Waals surface area (Å²) in [5, 5.41) is 18.9. The molecule has 7 heteroatoms. The summed E-state index contributed by atoms with van der Waals surface area (Å²) in [5.74, 6) is 5.18. The van der Waals surface area contributed by atoms with Gasteiger partial charge in [0.2, 0.25) is 0 Å². The van der Waals surface area contributed by atoms with Crippen LogP contribution in [-0.2, 0) is 16.0 Å². The second-order valence-electron chi connectivity index (χ2n) is 5.77. The predicted octanol–water partition coefficient (Wildman–Crippen LogP) is 1.48. The summed E-state index contributed by atoms with van der Waals surface area (Å²) in [7, 11) is 0. The molecule has 0 radical (unpaired) electrons. The molecule has 0 bridgehead atoms. The fraction of sp³-hybridized carbons (Fsp3) is 0.278. The number of para-hydroxylation sites is 1. The van der Waals surface area contributed by atoms with E-state index < -0.39 is 11.5 Å². The number of rotatable bonds is 8. The number of hydrazine groups is 1. The number of phenols is 2. The van der Waals surface area contributed by atoms with Crippen LogP contribution in [0.15, 0.2) is 48.5 Å². The molecule has 0 amide bonds. The highest BCUT2D eigenvalue weighted by Gasteiger charge is 2.34. The quantitative estimate of drug-likeness (QED) is 0.188. The van der Waals surface area contributed by atoms with Crippen LogP contribution in [0.1, 0.15) is 12.5 Å². The zero-order chi connectivity index (χ0) is 18.3. The van der Waals surface area contributed by atoms with Crippen LogP contribution in [0.5, 0.6) is 17.2 Å². The van der Waals surface area contributed by atoms with Crippen molar-refractivity contribution in [2.24, 2.45) is 5.84 Å². The van der Waals surface area contributed by atoms with E-state index in [1.54, 1.807) is 13.0 Å². The molecular weight excluding hydrogens is 324 g/mol. The van der Waals surface area contributed by atoms with Gasteiger partial charge < -0.3 is 19.7 Å². The second kappa shape index (κ2) is 8.36. The van der Waals surface area contributed by atoms with E-state index >= 15 is 0 Å². The van der Waals surface area contributed by atoms with Crippen LogP contribution in [0.4, 0.5) is 0 Å². The van der Waals surface area contributed by atoms with Crippen LogP contribution >= 0.6 is 0 Å². The van der Waals surface area contributed by atoms with E-state index in [9.17, 15) is 15.0 Å². The fourth-order valence-electron chi connectivity index (χ4n) is 2.24. The third-order valence-electron chi connectivity index (χ3n) is 3.70. The van der Waals surface area contributed by atoms with Crippen molar-refractivity contribution in [1.82, 2.24) is 5.43 Å². The number of hydrogen-bond donors (Lipinski definition) is 4. The molecule has 0 saturated heterocycles. The average Bonchev–Trinajstić information content (AvgIpc) is 2.62. The number of esters is 1. The van der Waals surface area contributed by atoms with E-state index in [1.165, 1.54) is 12.1 Å². The molecule has 2 rings (SSSR count). The summed E-state index contributed by atoms with van der Waals surface area (Å²) in [6, 6.07) is 13.5. The number of carbonyl (C=O) groups is 1. The first-order chi connectivity index (χ1) is 11.9. The van der Waals surface area contributed by atoms with Crippen LogP contribution in [0.25, 0.3) is 0 Å². The van der Waals surface area contributed by atoms with E-state index in [1.807, 2.05) is 30.3 Å². The van der Waals surface area contributed by atoms with Gasteiger partial charge >= 0.3 is 5.97 Å². The van der Waals surface area contributed by atoms with Gasteiger partial charge in [0.05, 0.1) is 0 Å². The first-order valence-corrected chi connectivity index (χ1v) is 7.78. The van der Waals surface area contributed by atoms with E-state index in [0.29, 0.717) is 11.3 Å². The highest BCUT2D eigenvalue weighted by atomic mass is 16.6. The molecule has 1 atom stereocenters. The smallest absolute Gasteiger partial charge is 0.327 e. The first kappa shape index (κ1) is 18.6. The molecule has 0 aliphatic rings. The lowest BCUT2D eigenvalue weighted by Gasteiger charge is -2.26. The lowest BCUT2D eigenvalue weighted by molar-refractivity contribution is -0.151. The number of nitrogens with one attached hydrogen (secondary N) is 1. The molecule has 0 aliphatic carbocycles. The first-order valence-electron chi connectivity index (χ1n) is 7.78. The van der Waals surface area contributed by atoms with Gasteiger partial charge in [-0.15, -0.1) is 0 Å². The van der Waals surface area contributed by atoms with E-state index in [-0.39, 0.29) is 31.1 Å². The molecule has 0 aliphatic heterocycles. The lowest BCUT2D eigenvalue weighted by atomic mass is 9.93. The van der Waals surface area contributed by atoms with Crippen molar-refractivity contribution in [1.29, 1.82) is 0 Å². The summed E-state index contributed by atoms with van der Waals surface area (Å²) in [5.41, 5.74) is 1.89. The maximum Gasteiger partial charge on any atom is 0.327 e. The molecule has 0 saturated carbocycles. The minimum absolute atomic E-state index is 0.0752. The molecule has 2 aromatic rings. The SMILES string of the molecule is CC(Cc1ccc(O)c(O)c1)(NN)C(=O)OCCOc1ccccc1. The molecule has 1 unspecified atom stereocenters. The standard InChI is InChI=1S/C18H22N2O5/c1-18(20-19,12-13-7-8-15(21)16(22)11-13)17(23)25-10-9-24-14-5-3-2-4-6-14/h2-8,11,20-22H,9-10,12,19H2,1H3. The van der Waals surface area contributed by atoms with Gasteiger partial charge in [-0.1, -0.05) is 24.3 Å². The third kappa shape index (κ3) is 5.10. The number of hydrogen-bond acceptors (Lipinski definition) is 7. The summed E-state index contributed by atoms with van der Waals surface area (Å²) < 4.78 is 10.7. The average molecular weight is 346 g/mol. The zero-order valence-electron chi connectivity index (χ0n) is 13.9. The Bertz CT molecular complexity index is 708. The van der Waals surface area contributed by atoms with Crippen LogP contribution in [-0.4, -0.2) is 34.9 Å². The Hall–Kier alpha value is -2.77. The summed E-state index contributed by atoms with van der Waals surface area (Å²) in [4.78, 5) is 12.3. The normalized spacial score (nSPS) is 13.0. The highest BCUT2D eigenvalue weighted by Crippen LogP contribution is 2.27. The molecule has 134 valence electrons. The molecule has 5 N–H and O–H groups in total. The second-order valence-corrected chi connectivity index (χ2v) is 5.77. The highest BCUT2D eigenvalue weighted by molar-refractivity contribution is 5.80. The van der Waals surface area contributed by atoms with Crippen LogP contribution < -0.4 is 16.0 Å². The Balaban J connectivity index is 1.88. The number of aromatic hydroxyl groups is 2. The molecule has 0 spiro atoms. The molecular formula is C18H22N2O5. The van der Waals surface area contributed by atoms with Gasteiger partial charge in [-0.3, -0.25) is 5.84 Å². The Morgan fingerprint density at radius 3 is 2.48 bits per heavy atom. The minimum Gasteiger partial charge on any atom is -0.504 e. The van der Waals surface area contributed by atoms with Crippen molar-refractivity contribution in [2.75, 3.05) is 13.2 Å². The van der Waals surface area contributed by atoms with Crippen molar-refractivity contribution < 1.29 is 24.5 Å². The van der Waals surface area contributed by atoms with Gasteiger partial charge in [0, 0.05) is 6.42 Å². The predicted molar refractivity (Wildman–Crippen MR) is 92.1 cm³/mol. The molecule has 25 heavy (non-hydrogen) atoms.